The fraction of sp³-hybridized carbons (Fsp3) is 0.444. The normalized spacial score (nSPS) is 21.1. The minimum absolute atomic E-state index is 0.0691. The summed E-state index contributed by atoms with van der Waals surface area (Å²) in [4.78, 5) is 13.3. The number of hydrogen-bond acceptors (Lipinski definition) is 6. The second-order valence-electron chi connectivity index (χ2n) is 6.31. The first-order valence-electron chi connectivity index (χ1n) is 8.67. The molecule has 0 bridgehead atoms. The molecular weight excluding hydrogens is 375 g/mol. The molecule has 0 amide bonds. The Hall–Kier alpha value is -1.60. The first-order valence-corrected chi connectivity index (χ1v) is 9.42. The average Bonchev–Trinajstić information content (AvgIpc) is 2.71. The van der Waals surface area contributed by atoms with Gasteiger partial charge in [0.1, 0.15) is 24.1 Å². The van der Waals surface area contributed by atoms with Crippen molar-refractivity contribution in [3.8, 4) is 0 Å². The predicted molar refractivity (Wildman–Crippen MR) is 102 cm³/mol. The fourth-order valence-corrected chi connectivity index (χ4v) is 3.55. The van der Waals surface area contributed by atoms with Crippen molar-refractivity contribution in [3.05, 3.63) is 46.2 Å². The van der Waals surface area contributed by atoms with E-state index in [2.05, 4.69) is 19.8 Å². The van der Waals surface area contributed by atoms with Crippen LogP contribution in [0.15, 0.2) is 30.6 Å². The lowest BCUT2D eigenvalue weighted by molar-refractivity contribution is 0.0395. The highest BCUT2D eigenvalue weighted by atomic mass is 35.5. The summed E-state index contributed by atoms with van der Waals surface area (Å²) in [7, 11) is 0. The van der Waals surface area contributed by atoms with Crippen LogP contribution in [0.25, 0.3) is 0 Å². The van der Waals surface area contributed by atoms with Crippen LogP contribution in [0, 0.1) is 0 Å². The molecule has 4 rings (SSSR count). The van der Waals surface area contributed by atoms with Crippen molar-refractivity contribution in [2.75, 3.05) is 55.8 Å². The number of halogens is 2. The van der Waals surface area contributed by atoms with Gasteiger partial charge >= 0.3 is 0 Å². The van der Waals surface area contributed by atoms with Crippen LogP contribution in [0.4, 0.5) is 11.6 Å². The number of rotatable bonds is 3. The number of benzene rings is 1. The molecule has 6 nitrogen and oxygen atoms in total. The Kier molecular flexibility index (Phi) is 5.45. The van der Waals surface area contributed by atoms with Gasteiger partial charge in [-0.05, 0) is 17.7 Å². The third-order valence-electron chi connectivity index (χ3n) is 4.68. The Morgan fingerprint density at radius 2 is 1.62 bits per heavy atom. The lowest BCUT2D eigenvalue weighted by Gasteiger charge is -2.34. The summed E-state index contributed by atoms with van der Waals surface area (Å²) in [6.45, 7) is 5.29. The highest BCUT2D eigenvalue weighted by Gasteiger charge is 2.24. The summed E-state index contributed by atoms with van der Waals surface area (Å²) in [5.74, 6) is 1.85. The molecule has 0 spiro atoms. The van der Waals surface area contributed by atoms with Gasteiger partial charge in [0.2, 0.25) is 0 Å². The van der Waals surface area contributed by atoms with Crippen molar-refractivity contribution < 1.29 is 9.47 Å². The van der Waals surface area contributed by atoms with Crippen molar-refractivity contribution >= 4 is 34.8 Å². The second-order valence-corrected chi connectivity index (χ2v) is 7.13. The summed E-state index contributed by atoms with van der Waals surface area (Å²) < 4.78 is 11.4. The van der Waals surface area contributed by atoms with Crippen LogP contribution in [0.3, 0.4) is 0 Å². The Balaban J connectivity index is 1.51. The van der Waals surface area contributed by atoms with Gasteiger partial charge in [0.05, 0.1) is 29.9 Å². The highest BCUT2D eigenvalue weighted by molar-refractivity contribution is 6.42. The number of anilines is 2. The Labute approximate surface area is 162 Å². The van der Waals surface area contributed by atoms with Gasteiger partial charge in [-0.2, -0.15) is 0 Å². The molecule has 1 atom stereocenters. The molecule has 1 aromatic heterocycles. The van der Waals surface area contributed by atoms with E-state index in [1.165, 1.54) is 0 Å². The lowest BCUT2D eigenvalue weighted by Crippen LogP contribution is -2.39. The number of ether oxygens (including phenoxy) is 2. The maximum absolute atomic E-state index is 6.16. The molecule has 2 aliphatic heterocycles. The number of aromatic nitrogens is 2. The third-order valence-corrected chi connectivity index (χ3v) is 5.42. The molecule has 2 aromatic rings. The van der Waals surface area contributed by atoms with E-state index < -0.39 is 0 Å². The minimum atomic E-state index is -0.0691. The Bertz CT molecular complexity index is 771. The van der Waals surface area contributed by atoms with Gasteiger partial charge < -0.3 is 19.3 Å². The van der Waals surface area contributed by atoms with E-state index in [4.69, 9.17) is 32.7 Å². The van der Waals surface area contributed by atoms with Crippen LogP contribution >= 0.6 is 23.2 Å². The zero-order chi connectivity index (χ0) is 17.9. The van der Waals surface area contributed by atoms with Crippen molar-refractivity contribution in [2.24, 2.45) is 0 Å². The van der Waals surface area contributed by atoms with E-state index in [-0.39, 0.29) is 6.10 Å². The standard InChI is InChI=1S/C18H20Cl2N4O2/c19-14-2-1-13(9-15(14)20)16-11-24(5-8-26-16)18-10-17(21-12-22-18)23-3-6-25-7-4-23/h1-2,9-10,12,16H,3-8,11H2/t16-/m1/s1. The maximum Gasteiger partial charge on any atom is 0.134 e. The summed E-state index contributed by atoms with van der Waals surface area (Å²) in [6.07, 6.45) is 1.56. The number of hydrogen-bond donors (Lipinski definition) is 0. The first-order chi connectivity index (χ1) is 12.7. The number of morpholine rings is 2. The molecule has 138 valence electrons. The minimum Gasteiger partial charge on any atom is -0.378 e. The fourth-order valence-electron chi connectivity index (χ4n) is 3.25. The monoisotopic (exact) mass is 394 g/mol. The van der Waals surface area contributed by atoms with Crippen LogP contribution in [0.5, 0.6) is 0 Å². The molecule has 0 radical (unpaired) electrons. The molecule has 0 aliphatic carbocycles. The molecule has 2 aliphatic rings. The van der Waals surface area contributed by atoms with Crippen molar-refractivity contribution in [1.82, 2.24) is 9.97 Å². The second kappa shape index (κ2) is 7.96. The predicted octanol–water partition coefficient (Wildman–Crippen LogP) is 3.20. The van der Waals surface area contributed by atoms with E-state index in [0.717, 1.165) is 50.0 Å². The van der Waals surface area contributed by atoms with E-state index >= 15 is 0 Å². The van der Waals surface area contributed by atoms with Crippen LogP contribution in [0.1, 0.15) is 11.7 Å². The zero-order valence-corrected chi connectivity index (χ0v) is 15.8. The van der Waals surface area contributed by atoms with Gasteiger partial charge in [-0.3, -0.25) is 0 Å². The maximum atomic E-state index is 6.16. The SMILES string of the molecule is Clc1ccc([C@H]2CN(c3cc(N4CCOCC4)ncn3)CCO2)cc1Cl. The van der Waals surface area contributed by atoms with Gasteiger partial charge in [-0.1, -0.05) is 29.3 Å². The molecule has 1 aromatic carbocycles. The number of nitrogens with zero attached hydrogens (tertiary/aromatic N) is 4. The Morgan fingerprint density at radius 1 is 0.885 bits per heavy atom. The molecule has 2 fully saturated rings. The van der Waals surface area contributed by atoms with Crippen molar-refractivity contribution in [2.45, 2.75) is 6.10 Å². The van der Waals surface area contributed by atoms with E-state index in [0.29, 0.717) is 23.2 Å². The smallest absolute Gasteiger partial charge is 0.134 e. The van der Waals surface area contributed by atoms with Gasteiger partial charge in [0, 0.05) is 32.2 Å². The topological polar surface area (TPSA) is 50.7 Å². The van der Waals surface area contributed by atoms with Crippen LogP contribution in [-0.2, 0) is 9.47 Å². The molecule has 2 saturated heterocycles. The zero-order valence-electron chi connectivity index (χ0n) is 14.3. The van der Waals surface area contributed by atoms with Gasteiger partial charge in [0.25, 0.3) is 0 Å². The molecule has 8 heteroatoms. The summed E-state index contributed by atoms with van der Waals surface area (Å²) >= 11 is 12.2. The van der Waals surface area contributed by atoms with Crippen molar-refractivity contribution in [1.29, 1.82) is 0 Å². The molecular formula is C18H20Cl2N4O2. The summed E-state index contributed by atoms with van der Waals surface area (Å²) in [6, 6.07) is 7.68. The summed E-state index contributed by atoms with van der Waals surface area (Å²) in [5.41, 5.74) is 1.02. The average molecular weight is 395 g/mol. The van der Waals surface area contributed by atoms with E-state index in [9.17, 15) is 0 Å². The lowest BCUT2D eigenvalue weighted by atomic mass is 10.1. The molecule has 0 saturated carbocycles. The van der Waals surface area contributed by atoms with E-state index in [1.807, 2.05) is 24.3 Å². The van der Waals surface area contributed by atoms with Crippen LogP contribution in [-0.4, -0.2) is 56.0 Å². The third kappa shape index (κ3) is 3.88. The van der Waals surface area contributed by atoms with Gasteiger partial charge in [0.15, 0.2) is 0 Å². The largest absolute Gasteiger partial charge is 0.378 e. The quantitative estimate of drug-likeness (QED) is 0.796. The molecule has 0 unspecified atom stereocenters. The summed E-state index contributed by atoms with van der Waals surface area (Å²) in [5, 5.41) is 1.09. The van der Waals surface area contributed by atoms with Crippen LogP contribution in [0.2, 0.25) is 10.0 Å². The Morgan fingerprint density at radius 3 is 2.38 bits per heavy atom. The highest BCUT2D eigenvalue weighted by Crippen LogP contribution is 2.30. The first kappa shape index (κ1) is 17.8. The van der Waals surface area contributed by atoms with Gasteiger partial charge in [-0.25, -0.2) is 9.97 Å². The molecule has 3 heterocycles. The van der Waals surface area contributed by atoms with E-state index in [1.54, 1.807) is 6.33 Å². The molecule has 0 N–H and O–H groups in total. The van der Waals surface area contributed by atoms with Crippen LogP contribution < -0.4 is 9.80 Å². The molecule has 26 heavy (non-hydrogen) atoms. The van der Waals surface area contributed by atoms with Crippen molar-refractivity contribution in [3.63, 3.8) is 0 Å². The van der Waals surface area contributed by atoms with Gasteiger partial charge in [-0.15, -0.1) is 0 Å².